The van der Waals surface area contributed by atoms with E-state index < -0.39 is 17.7 Å². The zero-order chi connectivity index (χ0) is 24.2. The van der Waals surface area contributed by atoms with Gasteiger partial charge in [-0.1, -0.05) is 49.1 Å². The van der Waals surface area contributed by atoms with E-state index in [9.17, 15) is 18.3 Å². The highest BCUT2D eigenvalue weighted by Crippen LogP contribution is 2.34. The van der Waals surface area contributed by atoms with Crippen LogP contribution in [0.5, 0.6) is 5.75 Å². The molecule has 0 saturated carbocycles. The number of hydrogen-bond acceptors (Lipinski definition) is 3. The molecule has 1 N–H and O–H groups in total. The molecule has 0 aliphatic carbocycles. The van der Waals surface area contributed by atoms with E-state index in [4.69, 9.17) is 9.47 Å². The summed E-state index contributed by atoms with van der Waals surface area (Å²) in [5, 5.41) is 9.67. The van der Waals surface area contributed by atoms with Gasteiger partial charge in [-0.3, -0.25) is 0 Å². The molecule has 0 radical (unpaired) electrons. The van der Waals surface area contributed by atoms with Gasteiger partial charge >= 0.3 is 0 Å². The van der Waals surface area contributed by atoms with Crippen molar-refractivity contribution >= 4 is 0 Å². The number of aliphatic hydroxyl groups excluding tert-OH is 1. The maximum Gasteiger partial charge on any atom is 0.201 e. The quantitative estimate of drug-likeness (QED) is 0.395. The van der Waals surface area contributed by atoms with Gasteiger partial charge in [0.1, 0.15) is 12.4 Å². The summed E-state index contributed by atoms with van der Waals surface area (Å²) in [6.45, 7) is 5.72. The van der Waals surface area contributed by atoms with E-state index in [0.29, 0.717) is 23.3 Å². The fourth-order valence-corrected chi connectivity index (χ4v) is 4.28. The molecule has 4 rings (SSSR count). The van der Waals surface area contributed by atoms with Crippen molar-refractivity contribution < 1.29 is 27.8 Å². The molecule has 3 nitrogen and oxygen atoms in total. The van der Waals surface area contributed by atoms with Crippen molar-refractivity contribution in [1.29, 1.82) is 0 Å². The Hall–Kier alpha value is -3.09. The highest BCUT2D eigenvalue weighted by atomic mass is 19.2. The van der Waals surface area contributed by atoms with Crippen molar-refractivity contribution in [2.45, 2.75) is 37.9 Å². The van der Waals surface area contributed by atoms with Gasteiger partial charge in [0, 0.05) is 17.0 Å². The predicted octanol–water partition coefficient (Wildman–Crippen LogP) is 6.65. The Morgan fingerprint density at radius 1 is 1.00 bits per heavy atom. The second kappa shape index (κ2) is 10.5. The van der Waals surface area contributed by atoms with E-state index in [-0.39, 0.29) is 35.8 Å². The molecule has 34 heavy (non-hydrogen) atoms. The van der Waals surface area contributed by atoms with Gasteiger partial charge in [-0.05, 0) is 54.7 Å². The Morgan fingerprint density at radius 3 is 2.26 bits per heavy atom. The molecular formula is C28H27F3O3. The molecule has 1 aliphatic heterocycles. The third kappa shape index (κ3) is 5.03. The molecule has 1 aliphatic rings. The zero-order valence-electron chi connectivity index (χ0n) is 18.9. The highest BCUT2D eigenvalue weighted by Gasteiger charge is 2.26. The van der Waals surface area contributed by atoms with Crippen LogP contribution in [0.3, 0.4) is 0 Å². The van der Waals surface area contributed by atoms with Gasteiger partial charge in [-0.15, -0.1) is 0 Å². The number of hydrogen-bond donors (Lipinski definition) is 1. The number of halogens is 3. The fourth-order valence-electron chi connectivity index (χ4n) is 4.28. The van der Waals surface area contributed by atoms with Gasteiger partial charge in [0.15, 0.2) is 11.6 Å². The molecule has 3 atom stereocenters. The van der Waals surface area contributed by atoms with Crippen LogP contribution in [-0.2, 0) is 4.74 Å². The lowest BCUT2D eigenvalue weighted by Gasteiger charge is -2.31. The predicted molar refractivity (Wildman–Crippen MR) is 126 cm³/mol. The van der Waals surface area contributed by atoms with Crippen LogP contribution in [0.2, 0.25) is 0 Å². The van der Waals surface area contributed by atoms with E-state index in [2.05, 4.69) is 6.58 Å². The van der Waals surface area contributed by atoms with E-state index in [1.165, 1.54) is 24.3 Å². The van der Waals surface area contributed by atoms with Gasteiger partial charge in [-0.25, -0.2) is 8.78 Å². The van der Waals surface area contributed by atoms with Crippen molar-refractivity contribution in [3.05, 3.63) is 90.3 Å². The third-order valence-corrected chi connectivity index (χ3v) is 6.22. The molecule has 1 saturated heterocycles. The first kappa shape index (κ1) is 24.0. The monoisotopic (exact) mass is 468 g/mol. The summed E-state index contributed by atoms with van der Waals surface area (Å²) in [6, 6.07) is 14.6. The van der Waals surface area contributed by atoms with Crippen LogP contribution in [0.1, 0.15) is 31.2 Å². The van der Waals surface area contributed by atoms with E-state index in [1.807, 2.05) is 6.07 Å². The molecular weight excluding hydrogens is 441 g/mol. The lowest BCUT2D eigenvalue weighted by Crippen LogP contribution is -2.32. The lowest BCUT2D eigenvalue weighted by atomic mass is 9.89. The molecule has 3 aromatic rings. The standard InChI is InChI=1S/C28H27F3O3/c1-3-14-33-26-13-11-23(27(30)28(26)31)19-6-4-18(5-7-19)22-10-8-20(15-24(22)29)21-9-12-25(17(2)32)34-16-21/h3-8,10-11,13,15,17,21,25,32H,1,9,12,14,16H2,2H3. The summed E-state index contributed by atoms with van der Waals surface area (Å²) < 4.78 is 54.7. The van der Waals surface area contributed by atoms with Crippen LogP contribution in [0, 0.1) is 17.5 Å². The maximum absolute atomic E-state index is 15.0. The second-order valence-corrected chi connectivity index (χ2v) is 8.54. The van der Waals surface area contributed by atoms with E-state index >= 15 is 0 Å². The molecule has 6 heteroatoms. The van der Waals surface area contributed by atoms with Crippen LogP contribution < -0.4 is 4.74 Å². The highest BCUT2D eigenvalue weighted by molar-refractivity contribution is 5.71. The normalized spacial score (nSPS) is 19.0. The molecule has 0 aromatic heterocycles. The van der Waals surface area contributed by atoms with Gasteiger partial charge < -0.3 is 14.6 Å². The molecule has 1 fully saturated rings. The van der Waals surface area contributed by atoms with Gasteiger partial charge in [0.25, 0.3) is 0 Å². The third-order valence-electron chi connectivity index (χ3n) is 6.22. The fraction of sp³-hybridized carbons (Fsp3) is 0.286. The molecule has 178 valence electrons. The summed E-state index contributed by atoms with van der Waals surface area (Å²) in [6.07, 6.45) is 2.31. The summed E-state index contributed by atoms with van der Waals surface area (Å²) >= 11 is 0. The van der Waals surface area contributed by atoms with Crippen molar-refractivity contribution in [2.75, 3.05) is 13.2 Å². The number of aliphatic hydroxyl groups is 1. The average molecular weight is 469 g/mol. The van der Waals surface area contributed by atoms with Crippen LogP contribution in [0.25, 0.3) is 22.3 Å². The maximum atomic E-state index is 15.0. The first-order valence-electron chi connectivity index (χ1n) is 11.3. The van der Waals surface area contributed by atoms with Crippen molar-refractivity contribution in [2.24, 2.45) is 0 Å². The number of ether oxygens (including phenoxy) is 2. The van der Waals surface area contributed by atoms with Crippen LogP contribution >= 0.6 is 0 Å². The molecule has 0 bridgehead atoms. The minimum absolute atomic E-state index is 0.0743. The zero-order valence-corrected chi connectivity index (χ0v) is 18.9. The van der Waals surface area contributed by atoms with E-state index in [0.717, 1.165) is 18.4 Å². The molecule has 0 spiro atoms. The van der Waals surface area contributed by atoms with Crippen LogP contribution in [-0.4, -0.2) is 30.5 Å². The summed E-state index contributed by atoms with van der Waals surface area (Å²) in [4.78, 5) is 0. The summed E-state index contributed by atoms with van der Waals surface area (Å²) in [5.74, 6) is -2.51. The minimum Gasteiger partial charge on any atom is -0.486 e. The molecule has 3 unspecified atom stereocenters. The van der Waals surface area contributed by atoms with Gasteiger partial charge in [-0.2, -0.15) is 4.39 Å². The Kier molecular flexibility index (Phi) is 7.39. The Balaban J connectivity index is 1.51. The van der Waals surface area contributed by atoms with Crippen molar-refractivity contribution in [1.82, 2.24) is 0 Å². The minimum atomic E-state index is -1.06. The van der Waals surface area contributed by atoms with Gasteiger partial charge in [0.2, 0.25) is 5.82 Å². The Bertz CT molecular complexity index is 1150. The smallest absolute Gasteiger partial charge is 0.201 e. The summed E-state index contributed by atoms with van der Waals surface area (Å²) in [7, 11) is 0. The van der Waals surface area contributed by atoms with Crippen molar-refractivity contribution in [3.63, 3.8) is 0 Å². The first-order chi connectivity index (χ1) is 16.4. The van der Waals surface area contributed by atoms with Crippen LogP contribution in [0.15, 0.2) is 67.3 Å². The lowest BCUT2D eigenvalue weighted by molar-refractivity contribution is -0.0622. The Labute approximate surface area is 197 Å². The number of rotatable bonds is 7. The summed E-state index contributed by atoms with van der Waals surface area (Å²) in [5.41, 5.74) is 2.48. The van der Waals surface area contributed by atoms with E-state index in [1.54, 1.807) is 37.3 Å². The SMILES string of the molecule is C=CCOc1ccc(-c2ccc(-c3ccc(C4CCC(C(C)O)OC4)cc3F)cc2)c(F)c1F. The molecule has 3 aromatic carbocycles. The largest absolute Gasteiger partial charge is 0.486 e. The van der Waals surface area contributed by atoms with Crippen LogP contribution in [0.4, 0.5) is 13.2 Å². The molecule has 1 heterocycles. The first-order valence-corrected chi connectivity index (χ1v) is 11.3. The molecule has 0 amide bonds. The van der Waals surface area contributed by atoms with Gasteiger partial charge in [0.05, 0.1) is 18.8 Å². The van der Waals surface area contributed by atoms with Crippen molar-refractivity contribution in [3.8, 4) is 28.0 Å². The average Bonchev–Trinajstić information content (AvgIpc) is 2.85. The number of benzene rings is 3. The Morgan fingerprint density at radius 2 is 1.68 bits per heavy atom. The topological polar surface area (TPSA) is 38.7 Å². The second-order valence-electron chi connectivity index (χ2n) is 8.54.